The monoisotopic (exact) mass is 423 g/mol. The Labute approximate surface area is 170 Å². The van der Waals surface area contributed by atoms with E-state index in [2.05, 4.69) is 10.6 Å². The number of nitrogens with zero attached hydrogens (tertiary/aromatic N) is 1. The zero-order chi connectivity index (χ0) is 21.7. The number of benzene rings is 2. The number of amides is 2. The number of carbonyl (C=O) groups excluding carboxylic acids is 2. The molecule has 0 unspecified atom stereocenters. The third-order valence-electron chi connectivity index (χ3n) is 3.77. The number of ether oxygens (including phenoxy) is 3. The number of rotatable bonds is 7. The number of nitro groups is 1. The lowest BCUT2D eigenvalue weighted by Crippen LogP contribution is -2.16. The minimum Gasteiger partial charge on any atom is -0.493 e. The van der Waals surface area contributed by atoms with Crippen LogP contribution in [-0.2, 0) is 4.79 Å². The second-order valence-corrected chi connectivity index (χ2v) is 6.04. The fourth-order valence-electron chi connectivity index (χ4n) is 2.58. The maximum Gasteiger partial charge on any atom is 0.327 e. The molecule has 0 saturated heterocycles. The van der Waals surface area contributed by atoms with E-state index in [1.54, 1.807) is 0 Å². The molecule has 2 N–H and O–H groups in total. The van der Waals surface area contributed by atoms with Gasteiger partial charge in [-0.3, -0.25) is 19.7 Å². The molecule has 0 aliphatic rings. The van der Waals surface area contributed by atoms with Crippen LogP contribution in [0.2, 0.25) is 5.02 Å². The molecule has 0 fully saturated rings. The van der Waals surface area contributed by atoms with Gasteiger partial charge in [0.2, 0.25) is 17.4 Å². The van der Waals surface area contributed by atoms with Gasteiger partial charge in [0.05, 0.1) is 37.0 Å². The SMILES string of the molecule is COc1cc(C(=O)Nc2ccc(NC(C)=O)cc2Cl)c([N+](=O)[O-])c(OC)c1OC. The maximum atomic E-state index is 12.8. The van der Waals surface area contributed by atoms with Crippen LogP contribution in [0.15, 0.2) is 24.3 Å². The molecule has 11 heteroatoms. The first-order valence-corrected chi connectivity index (χ1v) is 8.47. The highest BCUT2D eigenvalue weighted by Gasteiger charge is 2.32. The minimum atomic E-state index is -0.815. The van der Waals surface area contributed by atoms with E-state index in [0.29, 0.717) is 5.69 Å². The fraction of sp³-hybridized carbons (Fsp3) is 0.222. The number of nitrogens with one attached hydrogen (secondary N) is 2. The molecule has 2 amide bonds. The van der Waals surface area contributed by atoms with Gasteiger partial charge in [-0.2, -0.15) is 0 Å². The van der Waals surface area contributed by atoms with Gasteiger partial charge in [-0.15, -0.1) is 0 Å². The van der Waals surface area contributed by atoms with E-state index >= 15 is 0 Å². The van der Waals surface area contributed by atoms with E-state index in [-0.39, 0.29) is 39.4 Å². The van der Waals surface area contributed by atoms with E-state index in [1.165, 1.54) is 52.5 Å². The van der Waals surface area contributed by atoms with Gasteiger partial charge < -0.3 is 24.8 Å². The van der Waals surface area contributed by atoms with Gasteiger partial charge in [-0.25, -0.2) is 0 Å². The summed E-state index contributed by atoms with van der Waals surface area (Å²) >= 11 is 6.14. The predicted octanol–water partition coefficient (Wildman–Crippen LogP) is 3.48. The van der Waals surface area contributed by atoms with Crippen LogP contribution in [0.4, 0.5) is 17.1 Å². The van der Waals surface area contributed by atoms with Crippen molar-refractivity contribution in [1.82, 2.24) is 0 Å². The highest BCUT2D eigenvalue weighted by molar-refractivity contribution is 6.34. The van der Waals surface area contributed by atoms with Crippen molar-refractivity contribution in [1.29, 1.82) is 0 Å². The molecule has 2 rings (SSSR count). The zero-order valence-electron chi connectivity index (χ0n) is 16.0. The van der Waals surface area contributed by atoms with Crippen molar-refractivity contribution in [3.05, 3.63) is 45.0 Å². The lowest BCUT2D eigenvalue weighted by Gasteiger charge is -2.15. The number of halogens is 1. The second kappa shape index (κ2) is 9.11. The average molecular weight is 424 g/mol. The van der Waals surface area contributed by atoms with Crippen molar-refractivity contribution < 1.29 is 28.7 Å². The molecule has 2 aromatic rings. The van der Waals surface area contributed by atoms with Gasteiger partial charge in [-0.1, -0.05) is 11.6 Å². The highest BCUT2D eigenvalue weighted by atomic mass is 35.5. The highest BCUT2D eigenvalue weighted by Crippen LogP contribution is 2.46. The Bertz CT molecular complexity index is 978. The summed E-state index contributed by atoms with van der Waals surface area (Å²) in [7, 11) is 3.83. The first-order chi connectivity index (χ1) is 13.7. The van der Waals surface area contributed by atoms with E-state index in [1.807, 2.05) is 0 Å². The third-order valence-corrected chi connectivity index (χ3v) is 4.08. The van der Waals surface area contributed by atoms with Crippen molar-refractivity contribution in [2.24, 2.45) is 0 Å². The van der Waals surface area contributed by atoms with Crippen molar-refractivity contribution in [3.8, 4) is 17.2 Å². The van der Waals surface area contributed by atoms with E-state index in [0.717, 1.165) is 0 Å². The molecule has 0 heterocycles. The van der Waals surface area contributed by atoms with E-state index in [4.69, 9.17) is 25.8 Å². The van der Waals surface area contributed by atoms with Gasteiger partial charge >= 0.3 is 5.69 Å². The molecular formula is C18H18ClN3O7. The van der Waals surface area contributed by atoms with E-state index < -0.39 is 16.5 Å². The quantitative estimate of drug-likeness (QED) is 0.515. The molecule has 0 bridgehead atoms. The molecule has 0 aliphatic carbocycles. The van der Waals surface area contributed by atoms with Gasteiger partial charge in [0.15, 0.2) is 5.75 Å². The summed E-state index contributed by atoms with van der Waals surface area (Å²) in [6.07, 6.45) is 0. The normalized spacial score (nSPS) is 10.1. The Morgan fingerprint density at radius 1 is 1.03 bits per heavy atom. The Morgan fingerprint density at radius 3 is 2.17 bits per heavy atom. The summed E-state index contributed by atoms with van der Waals surface area (Å²) in [5.74, 6) is -1.30. The molecular weight excluding hydrogens is 406 g/mol. The molecule has 2 aromatic carbocycles. The minimum absolute atomic E-state index is 0.0176. The zero-order valence-corrected chi connectivity index (χ0v) is 16.7. The van der Waals surface area contributed by atoms with Crippen LogP contribution in [0, 0.1) is 10.1 Å². The topological polar surface area (TPSA) is 129 Å². The lowest BCUT2D eigenvalue weighted by atomic mass is 10.1. The van der Waals surface area contributed by atoms with Crippen molar-refractivity contribution in [2.75, 3.05) is 32.0 Å². The van der Waals surface area contributed by atoms with Crippen molar-refractivity contribution in [2.45, 2.75) is 6.92 Å². The Morgan fingerprint density at radius 2 is 1.69 bits per heavy atom. The molecule has 0 spiro atoms. The van der Waals surface area contributed by atoms with Crippen LogP contribution in [0.5, 0.6) is 17.2 Å². The number of hydrogen-bond donors (Lipinski definition) is 2. The van der Waals surface area contributed by atoms with Gasteiger partial charge in [-0.05, 0) is 18.2 Å². The van der Waals surface area contributed by atoms with E-state index in [9.17, 15) is 19.7 Å². The van der Waals surface area contributed by atoms with Crippen LogP contribution in [-0.4, -0.2) is 38.1 Å². The molecule has 0 aliphatic heterocycles. The Balaban J connectivity index is 2.50. The number of hydrogen-bond acceptors (Lipinski definition) is 7. The lowest BCUT2D eigenvalue weighted by molar-refractivity contribution is -0.386. The van der Waals surface area contributed by atoms with Gasteiger partial charge in [0.1, 0.15) is 5.56 Å². The standard InChI is InChI=1S/C18H18ClN3O7/c1-9(23)20-10-5-6-13(12(19)7-10)21-18(24)11-8-14(27-2)16(28-3)17(29-4)15(11)22(25)26/h5-8H,1-4H3,(H,20,23)(H,21,24). The molecule has 10 nitrogen and oxygen atoms in total. The van der Waals surface area contributed by atoms with Crippen LogP contribution in [0.1, 0.15) is 17.3 Å². The Kier molecular flexibility index (Phi) is 6.84. The molecule has 0 atom stereocenters. The Hall–Kier alpha value is -3.53. The molecule has 0 aromatic heterocycles. The summed E-state index contributed by atoms with van der Waals surface area (Å²) in [6.45, 7) is 1.34. The molecule has 154 valence electrons. The van der Waals surface area contributed by atoms with Crippen LogP contribution >= 0.6 is 11.6 Å². The average Bonchev–Trinajstić information content (AvgIpc) is 2.67. The van der Waals surface area contributed by atoms with Gasteiger partial charge in [0, 0.05) is 18.7 Å². The van der Waals surface area contributed by atoms with Crippen LogP contribution in [0.3, 0.4) is 0 Å². The third kappa shape index (κ3) is 4.66. The predicted molar refractivity (Wildman–Crippen MR) is 106 cm³/mol. The summed E-state index contributed by atoms with van der Waals surface area (Å²) in [4.78, 5) is 34.8. The van der Waals surface area contributed by atoms with Crippen molar-refractivity contribution >= 4 is 40.5 Å². The maximum absolute atomic E-state index is 12.8. The largest absolute Gasteiger partial charge is 0.493 e. The molecule has 0 radical (unpaired) electrons. The summed E-state index contributed by atoms with van der Waals surface area (Å²) in [6, 6.07) is 5.58. The summed E-state index contributed by atoms with van der Waals surface area (Å²) in [5.41, 5.74) is -0.284. The van der Waals surface area contributed by atoms with Gasteiger partial charge in [0.25, 0.3) is 5.91 Å². The smallest absolute Gasteiger partial charge is 0.327 e. The van der Waals surface area contributed by atoms with Crippen molar-refractivity contribution in [3.63, 3.8) is 0 Å². The summed E-state index contributed by atoms with van der Waals surface area (Å²) < 4.78 is 15.4. The number of anilines is 2. The number of methoxy groups -OCH3 is 3. The fourth-order valence-corrected chi connectivity index (χ4v) is 2.81. The summed E-state index contributed by atoms with van der Waals surface area (Å²) in [5, 5.41) is 16.8. The van der Waals surface area contributed by atoms with Crippen LogP contribution < -0.4 is 24.8 Å². The first-order valence-electron chi connectivity index (χ1n) is 8.09. The molecule has 0 saturated carbocycles. The van der Waals surface area contributed by atoms with Crippen LogP contribution in [0.25, 0.3) is 0 Å². The first kappa shape index (κ1) is 21.8. The number of carbonyl (C=O) groups is 2. The molecule has 29 heavy (non-hydrogen) atoms. The number of nitro benzene ring substituents is 1. The second-order valence-electron chi connectivity index (χ2n) is 5.63.